The molecule has 0 amide bonds. The van der Waals surface area contributed by atoms with Crippen LogP contribution in [0.3, 0.4) is 0 Å². The molecule has 0 spiro atoms. The van der Waals surface area contributed by atoms with E-state index in [-0.39, 0.29) is 25.0 Å². The first-order valence-corrected chi connectivity index (χ1v) is 7.39. The lowest BCUT2D eigenvalue weighted by molar-refractivity contribution is 0.0980. The number of rotatable bonds is 10. The molecule has 0 saturated carbocycles. The van der Waals surface area contributed by atoms with Crippen LogP contribution in [-0.4, -0.2) is 47.9 Å². The highest BCUT2D eigenvalue weighted by molar-refractivity contribution is 5.95. The Labute approximate surface area is 125 Å². The Morgan fingerprint density at radius 1 is 1.29 bits per heavy atom. The molecule has 1 aromatic carbocycles. The summed E-state index contributed by atoms with van der Waals surface area (Å²) in [5.41, 5.74) is 0.667. The van der Waals surface area contributed by atoms with Gasteiger partial charge in [-0.05, 0) is 30.7 Å². The van der Waals surface area contributed by atoms with Gasteiger partial charge in [-0.15, -0.1) is 0 Å². The van der Waals surface area contributed by atoms with Crippen molar-refractivity contribution in [1.82, 2.24) is 5.32 Å². The molecule has 0 aliphatic rings. The number of aliphatic hydroxyl groups is 2. The van der Waals surface area contributed by atoms with E-state index < -0.39 is 6.10 Å². The highest BCUT2D eigenvalue weighted by Gasteiger charge is 2.09. The molecule has 5 nitrogen and oxygen atoms in total. The van der Waals surface area contributed by atoms with Crippen LogP contribution in [0, 0.1) is 0 Å². The molecule has 3 N–H and O–H groups in total. The van der Waals surface area contributed by atoms with Gasteiger partial charge in [0, 0.05) is 24.6 Å². The van der Waals surface area contributed by atoms with Gasteiger partial charge in [-0.25, -0.2) is 0 Å². The molecule has 0 radical (unpaired) electrons. The highest BCUT2D eigenvalue weighted by Crippen LogP contribution is 2.13. The summed E-state index contributed by atoms with van der Waals surface area (Å²) >= 11 is 0. The van der Waals surface area contributed by atoms with Crippen molar-refractivity contribution in [2.24, 2.45) is 0 Å². The number of Topliss-reactive ketones (excluding diaryl/α,β-unsaturated/α-hetero) is 1. The van der Waals surface area contributed by atoms with Crippen molar-refractivity contribution in [1.29, 1.82) is 0 Å². The quantitative estimate of drug-likeness (QED) is 0.568. The topological polar surface area (TPSA) is 78.8 Å². The van der Waals surface area contributed by atoms with Crippen LogP contribution in [0.15, 0.2) is 24.3 Å². The molecule has 0 bridgehead atoms. The number of hydrogen-bond acceptors (Lipinski definition) is 5. The van der Waals surface area contributed by atoms with Gasteiger partial charge in [-0.1, -0.05) is 13.8 Å². The smallest absolute Gasteiger partial charge is 0.162 e. The fourth-order valence-corrected chi connectivity index (χ4v) is 1.83. The van der Waals surface area contributed by atoms with E-state index in [0.717, 1.165) is 6.42 Å². The van der Waals surface area contributed by atoms with Crippen molar-refractivity contribution in [3.05, 3.63) is 29.8 Å². The predicted molar refractivity (Wildman–Crippen MR) is 81.7 cm³/mol. The molecule has 5 heteroatoms. The summed E-state index contributed by atoms with van der Waals surface area (Å²) < 4.78 is 5.47. The van der Waals surface area contributed by atoms with Gasteiger partial charge < -0.3 is 20.3 Å². The van der Waals surface area contributed by atoms with Crippen LogP contribution in [0.1, 0.15) is 37.0 Å². The first-order chi connectivity index (χ1) is 10.1. The maximum atomic E-state index is 11.5. The molecular formula is C16H25NO4. The van der Waals surface area contributed by atoms with Gasteiger partial charge in [0.25, 0.3) is 0 Å². The van der Waals surface area contributed by atoms with Crippen LogP contribution in [0.4, 0.5) is 0 Å². The van der Waals surface area contributed by atoms with Crippen molar-refractivity contribution in [2.45, 2.75) is 38.8 Å². The molecule has 0 aliphatic heterocycles. The summed E-state index contributed by atoms with van der Waals surface area (Å²) in [4.78, 5) is 11.5. The van der Waals surface area contributed by atoms with Crippen molar-refractivity contribution >= 4 is 5.78 Å². The van der Waals surface area contributed by atoms with E-state index >= 15 is 0 Å². The number of ether oxygens (including phenoxy) is 1. The number of carbonyl (C=O) groups excluding carboxylic acids is 1. The van der Waals surface area contributed by atoms with E-state index in [0.29, 0.717) is 24.3 Å². The predicted octanol–water partition coefficient (Wildman–Crippen LogP) is 1.38. The monoisotopic (exact) mass is 295 g/mol. The Balaban J connectivity index is 2.35. The first kappa shape index (κ1) is 17.6. The van der Waals surface area contributed by atoms with E-state index in [9.17, 15) is 9.90 Å². The summed E-state index contributed by atoms with van der Waals surface area (Å²) in [6, 6.07) is 6.91. The Kier molecular flexibility index (Phi) is 7.97. The fourth-order valence-electron chi connectivity index (χ4n) is 1.83. The molecule has 0 heterocycles. The van der Waals surface area contributed by atoms with E-state index in [2.05, 4.69) is 5.32 Å². The third-order valence-corrected chi connectivity index (χ3v) is 3.30. The molecule has 0 aliphatic carbocycles. The standard InChI is InChI=1S/C16H25NO4/c1-3-13(10-18)17-9-14(19)11-21-15-7-5-12(6-8-15)16(20)4-2/h5-8,13-14,17-19H,3-4,9-11H2,1-2H3/t13-,14-/m1/s1. The van der Waals surface area contributed by atoms with Crippen LogP contribution >= 0.6 is 0 Å². The molecule has 21 heavy (non-hydrogen) atoms. The zero-order chi connectivity index (χ0) is 15.7. The Morgan fingerprint density at radius 3 is 2.48 bits per heavy atom. The van der Waals surface area contributed by atoms with Crippen LogP contribution in [0.5, 0.6) is 5.75 Å². The number of hydrogen-bond donors (Lipinski definition) is 3. The molecule has 2 atom stereocenters. The minimum absolute atomic E-state index is 0.000935. The molecular weight excluding hydrogens is 270 g/mol. The SMILES string of the molecule is CCC(=O)c1ccc(OC[C@H](O)CN[C@H](CC)CO)cc1. The summed E-state index contributed by atoms with van der Waals surface area (Å²) in [5, 5.41) is 21.9. The summed E-state index contributed by atoms with van der Waals surface area (Å²) in [7, 11) is 0. The van der Waals surface area contributed by atoms with Gasteiger partial charge in [-0.2, -0.15) is 0 Å². The average molecular weight is 295 g/mol. The minimum Gasteiger partial charge on any atom is -0.491 e. The van der Waals surface area contributed by atoms with Crippen molar-refractivity contribution < 1.29 is 19.7 Å². The number of benzene rings is 1. The highest BCUT2D eigenvalue weighted by atomic mass is 16.5. The second-order valence-electron chi connectivity index (χ2n) is 4.96. The van der Waals surface area contributed by atoms with Gasteiger partial charge in [0.05, 0.1) is 6.61 Å². The van der Waals surface area contributed by atoms with Crippen LogP contribution in [-0.2, 0) is 0 Å². The second kappa shape index (κ2) is 9.50. The maximum absolute atomic E-state index is 11.5. The molecule has 0 fully saturated rings. The molecule has 0 aromatic heterocycles. The van der Waals surface area contributed by atoms with Crippen molar-refractivity contribution in [2.75, 3.05) is 19.8 Å². The van der Waals surface area contributed by atoms with Crippen LogP contribution < -0.4 is 10.1 Å². The van der Waals surface area contributed by atoms with Crippen LogP contribution in [0.2, 0.25) is 0 Å². The Morgan fingerprint density at radius 2 is 1.95 bits per heavy atom. The zero-order valence-electron chi connectivity index (χ0n) is 12.7. The lowest BCUT2D eigenvalue weighted by atomic mass is 10.1. The molecule has 1 rings (SSSR count). The molecule has 118 valence electrons. The summed E-state index contributed by atoms with van der Waals surface area (Å²) in [6.07, 6.45) is 0.632. The Hall–Kier alpha value is -1.43. The van der Waals surface area contributed by atoms with Gasteiger partial charge in [-0.3, -0.25) is 4.79 Å². The van der Waals surface area contributed by atoms with Gasteiger partial charge in [0.1, 0.15) is 18.5 Å². The molecule has 0 saturated heterocycles. The largest absolute Gasteiger partial charge is 0.491 e. The third-order valence-electron chi connectivity index (χ3n) is 3.30. The van der Waals surface area contributed by atoms with Crippen molar-refractivity contribution in [3.8, 4) is 5.75 Å². The van der Waals surface area contributed by atoms with Gasteiger partial charge in [0.2, 0.25) is 0 Å². The zero-order valence-corrected chi connectivity index (χ0v) is 12.7. The van der Waals surface area contributed by atoms with Crippen molar-refractivity contribution in [3.63, 3.8) is 0 Å². The average Bonchev–Trinajstić information content (AvgIpc) is 2.53. The van der Waals surface area contributed by atoms with E-state index in [4.69, 9.17) is 9.84 Å². The number of aliphatic hydroxyl groups excluding tert-OH is 2. The maximum Gasteiger partial charge on any atom is 0.162 e. The third kappa shape index (κ3) is 6.25. The molecule has 1 aromatic rings. The Bertz CT molecular complexity index is 415. The minimum atomic E-state index is -0.650. The molecule has 0 unspecified atom stereocenters. The second-order valence-corrected chi connectivity index (χ2v) is 4.96. The number of ketones is 1. The van der Waals surface area contributed by atoms with Gasteiger partial charge >= 0.3 is 0 Å². The lowest BCUT2D eigenvalue weighted by Crippen LogP contribution is -2.39. The first-order valence-electron chi connectivity index (χ1n) is 7.39. The summed E-state index contributed by atoms with van der Waals surface area (Å²) in [5.74, 6) is 0.719. The van der Waals surface area contributed by atoms with Crippen LogP contribution in [0.25, 0.3) is 0 Å². The normalized spacial score (nSPS) is 13.7. The lowest BCUT2D eigenvalue weighted by Gasteiger charge is -2.17. The van der Waals surface area contributed by atoms with E-state index in [1.165, 1.54) is 0 Å². The number of nitrogens with one attached hydrogen (secondary N) is 1. The van der Waals surface area contributed by atoms with E-state index in [1.54, 1.807) is 24.3 Å². The van der Waals surface area contributed by atoms with Gasteiger partial charge in [0.15, 0.2) is 5.78 Å². The van der Waals surface area contributed by atoms with E-state index in [1.807, 2.05) is 13.8 Å². The fraction of sp³-hybridized carbons (Fsp3) is 0.562. The number of carbonyl (C=O) groups is 1. The summed E-state index contributed by atoms with van der Waals surface area (Å²) in [6.45, 7) is 4.38.